The fourth-order valence-electron chi connectivity index (χ4n) is 2.31. The zero-order chi connectivity index (χ0) is 13.8. The average Bonchev–Trinajstić information content (AvgIpc) is 2.38. The Balaban J connectivity index is 2.16. The number of morpholine rings is 1. The van der Waals surface area contributed by atoms with Crippen molar-refractivity contribution in [3.05, 3.63) is 22.7 Å². The molecule has 0 radical (unpaired) electrons. The van der Waals surface area contributed by atoms with Crippen LogP contribution in [0.4, 0.5) is 0 Å². The second kappa shape index (κ2) is 6.64. The van der Waals surface area contributed by atoms with Crippen molar-refractivity contribution in [3.8, 4) is 0 Å². The van der Waals surface area contributed by atoms with E-state index in [1.54, 1.807) is 0 Å². The van der Waals surface area contributed by atoms with E-state index in [2.05, 4.69) is 35.6 Å². The first kappa shape index (κ1) is 14.7. The van der Waals surface area contributed by atoms with E-state index in [4.69, 9.17) is 16.3 Å². The maximum atomic E-state index is 6.08. The van der Waals surface area contributed by atoms with Crippen molar-refractivity contribution < 1.29 is 4.74 Å². The minimum Gasteiger partial charge on any atom is -0.368 e. The van der Waals surface area contributed by atoms with E-state index in [0.29, 0.717) is 11.2 Å². The van der Waals surface area contributed by atoms with Crippen LogP contribution in [-0.2, 0) is 11.2 Å². The standard InChI is InChI=1S/C14H22ClN3O/c1-4-5-11-8-13(15)17-14(16-11)12-9-18(10(2)3)6-7-19-12/h8,10,12H,4-7,9H2,1-3H3. The largest absolute Gasteiger partial charge is 0.368 e. The molecule has 0 saturated carbocycles. The van der Waals surface area contributed by atoms with Gasteiger partial charge in [-0.1, -0.05) is 24.9 Å². The number of aryl methyl sites for hydroxylation is 1. The predicted octanol–water partition coefficient (Wildman–Crippen LogP) is 2.86. The molecule has 0 aliphatic carbocycles. The lowest BCUT2D eigenvalue weighted by molar-refractivity contribution is -0.0443. The van der Waals surface area contributed by atoms with Crippen LogP contribution in [0.2, 0.25) is 5.15 Å². The predicted molar refractivity (Wildman–Crippen MR) is 76.4 cm³/mol. The Morgan fingerprint density at radius 3 is 2.95 bits per heavy atom. The number of aromatic nitrogens is 2. The molecule has 0 N–H and O–H groups in total. The Labute approximate surface area is 120 Å². The molecule has 1 aromatic heterocycles. The maximum absolute atomic E-state index is 6.08. The highest BCUT2D eigenvalue weighted by atomic mass is 35.5. The number of ether oxygens (including phenoxy) is 1. The van der Waals surface area contributed by atoms with Gasteiger partial charge in [-0.3, -0.25) is 4.90 Å². The van der Waals surface area contributed by atoms with Gasteiger partial charge in [-0.25, -0.2) is 9.97 Å². The van der Waals surface area contributed by atoms with Crippen molar-refractivity contribution in [3.63, 3.8) is 0 Å². The molecule has 5 heteroatoms. The van der Waals surface area contributed by atoms with Gasteiger partial charge in [0.25, 0.3) is 0 Å². The van der Waals surface area contributed by atoms with Crippen LogP contribution in [0.25, 0.3) is 0 Å². The molecule has 4 nitrogen and oxygen atoms in total. The highest BCUT2D eigenvalue weighted by Gasteiger charge is 2.26. The van der Waals surface area contributed by atoms with Crippen LogP contribution in [-0.4, -0.2) is 40.6 Å². The van der Waals surface area contributed by atoms with Crippen LogP contribution in [0.15, 0.2) is 6.07 Å². The van der Waals surface area contributed by atoms with Crippen LogP contribution in [0.5, 0.6) is 0 Å². The van der Waals surface area contributed by atoms with E-state index in [1.165, 1.54) is 0 Å². The summed E-state index contributed by atoms with van der Waals surface area (Å²) in [6.07, 6.45) is 1.91. The van der Waals surface area contributed by atoms with E-state index in [1.807, 2.05) is 6.07 Å². The van der Waals surface area contributed by atoms with Crippen LogP contribution < -0.4 is 0 Å². The van der Waals surface area contributed by atoms with Gasteiger partial charge in [0.2, 0.25) is 0 Å². The van der Waals surface area contributed by atoms with E-state index in [9.17, 15) is 0 Å². The molecule has 1 unspecified atom stereocenters. The van der Waals surface area contributed by atoms with Gasteiger partial charge in [0.15, 0.2) is 5.82 Å². The molecular weight excluding hydrogens is 262 g/mol. The first-order valence-corrected chi connectivity index (χ1v) is 7.37. The number of hydrogen-bond donors (Lipinski definition) is 0. The van der Waals surface area contributed by atoms with Gasteiger partial charge in [0.1, 0.15) is 11.3 Å². The van der Waals surface area contributed by atoms with Crippen molar-refractivity contribution >= 4 is 11.6 Å². The molecule has 0 spiro atoms. The van der Waals surface area contributed by atoms with Gasteiger partial charge >= 0.3 is 0 Å². The first-order valence-electron chi connectivity index (χ1n) is 6.99. The topological polar surface area (TPSA) is 38.2 Å². The smallest absolute Gasteiger partial charge is 0.160 e. The molecule has 1 aliphatic rings. The quantitative estimate of drug-likeness (QED) is 0.797. The zero-order valence-corrected chi connectivity index (χ0v) is 12.7. The van der Waals surface area contributed by atoms with Crippen molar-refractivity contribution in [1.29, 1.82) is 0 Å². The lowest BCUT2D eigenvalue weighted by Gasteiger charge is -2.34. The molecule has 0 amide bonds. The van der Waals surface area contributed by atoms with Crippen molar-refractivity contribution in [2.24, 2.45) is 0 Å². The molecule has 1 fully saturated rings. The van der Waals surface area contributed by atoms with Crippen LogP contribution in [0, 0.1) is 0 Å². The average molecular weight is 284 g/mol. The minimum atomic E-state index is -0.0644. The van der Waals surface area contributed by atoms with Crippen LogP contribution in [0.3, 0.4) is 0 Å². The number of halogens is 1. The van der Waals surface area contributed by atoms with Crippen LogP contribution >= 0.6 is 11.6 Å². The summed E-state index contributed by atoms with van der Waals surface area (Å²) in [7, 11) is 0. The molecule has 0 aromatic carbocycles. The van der Waals surface area contributed by atoms with Gasteiger partial charge in [-0.15, -0.1) is 0 Å². The van der Waals surface area contributed by atoms with Gasteiger partial charge in [0, 0.05) is 24.8 Å². The molecule has 2 heterocycles. The van der Waals surface area contributed by atoms with E-state index >= 15 is 0 Å². The number of rotatable bonds is 4. The van der Waals surface area contributed by atoms with Crippen molar-refractivity contribution in [2.45, 2.75) is 45.8 Å². The third-order valence-electron chi connectivity index (χ3n) is 3.39. The van der Waals surface area contributed by atoms with Gasteiger partial charge < -0.3 is 4.74 Å². The molecule has 106 valence electrons. The summed E-state index contributed by atoms with van der Waals surface area (Å²) in [4.78, 5) is 11.3. The monoisotopic (exact) mass is 283 g/mol. The van der Waals surface area contributed by atoms with Crippen molar-refractivity contribution in [2.75, 3.05) is 19.7 Å². The molecule has 1 aromatic rings. The Hall–Kier alpha value is -0.710. The number of nitrogens with zero attached hydrogens (tertiary/aromatic N) is 3. The first-order chi connectivity index (χ1) is 9.10. The molecule has 19 heavy (non-hydrogen) atoms. The van der Waals surface area contributed by atoms with Crippen LogP contribution in [0.1, 0.15) is 44.8 Å². The summed E-state index contributed by atoms with van der Waals surface area (Å²) >= 11 is 6.08. The third kappa shape index (κ3) is 3.88. The van der Waals surface area contributed by atoms with Gasteiger partial charge in [-0.2, -0.15) is 0 Å². The zero-order valence-electron chi connectivity index (χ0n) is 11.9. The molecule has 1 atom stereocenters. The Bertz CT molecular complexity index is 425. The summed E-state index contributed by atoms with van der Waals surface area (Å²) in [5, 5.41) is 0.513. The Kier molecular flexibility index (Phi) is 5.13. The molecule has 1 aliphatic heterocycles. The van der Waals surface area contributed by atoms with Gasteiger partial charge in [0.05, 0.1) is 6.61 Å². The lowest BCUT2D eigenvalue weighted by atomic mass is 10.2. The van der Waals surface area contributed by atoms with Gasteiger partial charge in [-0.05, 0) is 26.3 Å². The fraction of sp³-hybridized carbons (Fsp3) is 0.714. The molecule has 1 saturated heterocycles. The Morgan fingerprint density at radius 2 is 2.26 bits per heavy atom. The normalized spacial score (nSPS) is 21.0. The summed E-state index contributed by atoms with van der Waals surface area (Å²) < 4.78 is 5.81. The van der Waals surface area contributed by atoms with Crippen molar-refractivity contribution in [1.82, 2.24) is 14.9 Å². The highest BCUT2D eigenvalue weighted by molar-refractivity contribution is 6.29. The van der Waals surface area contributed by atoms with E-state index in [0.717, 1.165) is 44.1 Å². The summed E-state index contributed by atoms with van der Waals surface area (Å²) in [5.74, 6) is 0.723. The lowest BCUT2D eigenvalue weighted by Crippen LogP contribution is -2.42. The summed E-state index contributed by atoms with van der Waals surface area (Å²) in [5.41, 5.74) is 1.00. The Morgan fingerprint density at radius 1 is 1.47 bits per heavy atom. The third-order valence-corrected chi connectivity index (χ3v) is 3.58. The SMILES string of the molecule is CCCc1cc(Cl)nc(C2CN(C(C)C)CCO2)n1. The second-order valence-corrected chi connectivity index (χ2v) is 5.63. The number of hydrogen-bond acceptors (Lipinski definition) is 4. The highest BCUT2D eigenvalue weighted by Crippen LogP contribution is 2.22. The fourth-order valence-corrected chi connectivity index (χ4v) is 2.52. The van der Waals surface area contributed by atoms with E-state index in [-0.39, 0.29) is 6.10 Å². The summed E-state index contributed by atoms with van der Waals surface area (Å²) in [6, 6.07) is 2.36. The maximum Gasteiger partial charge on any atom is 0.160 e. The summed E-state index contributed by atoms with van der Waals surface area (Å²) in [6.45, 7) is 9.06. The molecule has 0 bridgehead atoms. The van der Waals surface area contributed by atoms with E-state index < -0.39 is 0 Å². The molecule has 2 rings (SSSR count). The molecular formula is C14H22ClN3O. The minimum absolute atomic E-state index is 0.0644. The second-order valence-electron chi connectivity index (χ2n) is 5.24.